The molecule has 20 heavy (non-hydrogen) atoms. The zero-order valence-corrected chi connectivity index (χ0v) is 11.4. The minimum atomic E-state index is -0.931. The number of nitrogens with zero attached hydrogens (tertiary/aromatic N) is 2. The van der Waals surface area contributed by atoms with Crippen molar-refractivity contribution in [1.29, 1.82) is 0 Å². The first-order chi connectivity index (χ1) is 9.45. The number of aromatic nitrogens is 2. The normalized spacial score (nSPS) is 11.1. The Kier molecular flexibility index (Phi) is 4.27. The number of hydrogen-bond donors (Lipinski definition) is 0. The molecule has 3 nitrogen and oxygen atoms in total. The molecule has 0 radical (unpaired) electrons. The first-order valence-electron chi connectivity index (χ1n) is 6.45. The Hall–Kier alpha value is -2.04. The highest BCUT2D eigenvalue weighted by atomic mass is 19.2. The van der Waals surface area contributed by atoms with Crippen LogP contribution in [0.15, 0.2) is 30.5 Å². The minimum Gasteiger partial charge on any atom is -0.299 e. The molecule has 1 heterocycles. The summed E-state index contributed by atoms with van der Waals surface area (Å²) in [7, 11) is 0. The van der Waals surface area contributed by atoms with Gasteiger partial charge >= 0.3 is 0 Å². The van der Waals surface area contributed by atoms with Crippen molar-refractivity contribution in [2.75, 3.05) is 0 Å². The van der Waals surface area contributed by atoms with E-state index in [0.717, 1.165) is 12.1 Å². The monoisotopic (exact) mass is 278 g/mol. The summed E-state index contributed by atoms with van der Waals surface area (Å²) in [4.78, 5) is 11.9. The molecular weight excluding hydrogens is 262 g/mol. The molecule has 2 rings (SSSR count). The van der Waals surface area contributed by atoms with E-state index >= 15 is 0 Å². The van der Waals surface area contributed by atoms with E-state index in [2.05, 4.69) is 5.10 Å². The summed E-state index contributed by atoms with van der Waals surface area (Å²) >= 11 is 0. The van der Waals surface area contributed by atoms with Gasteiger partial charge in [0, 0.05) is 18.7 Å². The van der Waals surface area contributed by atoms with Gasteiger partial charge in [0.05, 0.1) is 12.1 Å². The second-order valence-electron chi connectivity index (χ2n) is 5.02. The van der Waals surface area contributed by atoms with Crippen molar-refractivity contribution >= 4 is 5.78 Å². The predicted molar refractivity (Wildman–Crippen MR) is 71.4 cm³/mol. The van der Waals surface area contributed by atoms with E-state index in [1.807, 2.05) is 20.0 Å². The number of carbonyl (C=O) groups excluding carboxylic acids is 1. The van der Waals surface area contributed by atoms with Crippen LogP contribution >= 0.6 is 0 Å². The number of hydrogen-bond acceptors (Lipinski definition) is 2. The van der Waals surface area contributed by atoms with Gasteiger partial charge in [0.2, 0.25) is 0 Å². The van der Waals surface area contributed by atoms with Gasteiger partial charge in [-0.3, -0.25) is 9.48 Å². The molecule has 0 amide bonds. The highest BCUT2D eigenvalue weighted by Crippen LogP contribution is 2.11. The quantitative estimate of drug-likeness (QED) is 0.842. The Morgan fingerprint density at radius 1 is 1.20 bits per heavy atom. The first kappa shape index (κ1) is 14.4. The lowest BCUT2D eigenvalue weighted by molar-refractivity contribution is -0.117. The number of halogens is 2. The van der Waals surface area contributed by atoms with Crippen LogP contribution < -0.4 is 0 Å². The summed E-state index contributed by atoms with van der Waals surface area (Å²) < 4.78 is 27.6. The van der Waals surface area contributed by atoms with Crippen molar-refractivity contribution in [3.8, 4) is 0 Å². The van der Waals surface area contributed by atoms with E-state index in [1.165, 1.54) is 6.07 Å². The molecule has 0 aliphatic heterocycles. The molecule has 106 valence electrons. The van der Waals surface area contributed by atoms with Gasteiger partial charge in [0.25, 0.3) is 0 Å². The van der Waals surface area contributed by atoms with E-state index in [1.54, 1.807) is 10.7 Å². The molecule has 0 spiro atoms. The molecule has 0 aliphatic carbocycles. The maximum absolute atomic E-state index is 13.0. The van der Waals surface area contributed by atoms with E-state index in [4.69, 9.17) is 0 Å². The Morgan fingerprint density at radius 3 is 2.55 bits per heavy atom. The maximum Gasteiger partial charge on any atom is 0.159 e. The topological polar surface area (TPSA) is 34.9 Å². The molecule has 1 aromatic carbocycles. The SMILES string of the molecule is CC(C)n1ccc(CC(=O)Cc2ccc(F)c(F)c2)n1. The maximum atomic E-state index is 13.0. The summed E-state index contributed by atoms with van der Waals surface area (Å²) in [5, 5.41) is 4.28. The Bertz CT molecular complexity index is 620. The second-order valence-corrected chi connectivity index (χ2v) is 5.02. The zero-order valence-electron chi connectivity index (χ0n) is 11.4. The standard InChI is InChI=1S/C15H16F2N2O/c1-10(2)19-6-5-12(18-19)9-13(20)7-11-3-4-14(16)15(17)8-11/h3-6,8,10H,7,9H2,1-2H3. The lowest BCUT2D eigenvalue weighted by Crippen LogP contribution is -2.09. The molecule has 0 saturated heterocycles. The van der Waals surface area contributed by atoms with Crippen molar-refractivity contribution < 1.29 is 13.6 Å². The molecule has 0 bridgehead atoms. The summed E-state index contributed by atoms with van der Waals surface area (Å²) in [6.45, 7) is 4.00. The number of benzene rings is 1. The number of carbonyl (C=O) groups is 1. The molecule has 0 unspecified atom stereocenters. The fraction of sp³-hybridized carbons (Fsp3) is 0.333. The zero-order chi connectivity index (χ0) is 14.7. The van der Waals surface area contributed by atoms with Crippen LogP contribution in [0.5, 0.6) is 0 Å². The van der Waals surface area contributed by atoms with Crippen LogP contribution in [0.2, 0.25) is 0 Å². The van der Waals surface area contributed by atoms with Gasteiger partial charge < -0.3 is 0 Å². The van der Waals surface area contributed by atoms with Gasteiger partial charge in [-0.2, -0.15) is 5.10 Å². The average molecular weight is 278 g/mol. The third-order valence-electron chi connectivity index (χ3n) is 2.96. The summed E-state index contributed by atoms with van der Waals surface area (Å²) in [6, 6.07) is 5.54. The van der Waals surface area contributed by atoms with E-state index in [-0.39, 0.29) is 24.7 Å². The predicted octanol–water partition coefficient (Wildman–Crippen LogP) is 3.10. The van der Waals surface area contributed by atoms with Gasteiger partial charge in [0.1, 0.15) is 5.78 Å². The second kappa shape index (κ2) is 5.94. The Balaban J connectivity index is 1.99. The average Bonchev–Trinajstić information content (AvgIpc) is 2.82. The number of ketones is 1. The van der Waals surface area contributed by atoms with Crippen LogP contribution in [0.25, 0.3) is 0 Å². The fourth-order valence-electron chi connectivity index (χ4n) is 1.90. The van der Waals surface area contributed by atoms with Crippen LogP contribution in [-0.4, -0.2) is 15.6 Å². The van der Waals surface area contributed by atoms with Gasteiger partial charge in [-0.15, -0.1) is 0 Å². The van der Waals surface area contributed by atoms with E-state index in [9.17, 15) is 13.6 Å². The van der Waals surface area contributed by atoms with Crippen molar-refractivity contribution in [1.82, 2.24) is 9.78 Å². The van der Waals surface area contributed by atoms with E-state index in [0.29, 0.717) is 11.3 Å². The number of Topliss-reactive ketones (excluding diaryl/α,β-unsaturated/α-hetero) is 1. The molecule has 5 heteroatoms. The van der Waals surface area contributed by atoms with Crippen molar-refractivity contribution in [3.05, 3.63) is 53.4 Å². The summed E-state index contributed by atoms with van der Waals surface area (Å²) in [6.07, 6.45) is 2.09. The van der Waals surface area contributed by atoms with E-state index < -0.39 is 11.6 Å². The molecule has 0 fully saturated rings. The van der Waals surface area contributed by atoms with Gasteiger partial charge in [-0.25, -0.2) is 8.78 Å². The minimum absolute atomic E-state index is 0.0751. The van der Waals surface area contributed by atoms with Crippen LogP contribution in [0.4, 0.5) is 8.78 Å². The van der Waals surface area contributed by atoms with Gasteiger partial charge in [0.15, 0.2) is 11.6 Å². The third-order valence-corrected chi connectivity index (χ3v) is 2.96. The lowest BCUT2D eigenvalue weighted by Gasteiger charge is -2.04. The van der Waals surface area contributed by atoms with Crippen molar-refractivity contribution in [2.45, 2.75) is 32.7 Å². The third kappa shape index (κ3) is 3.50. The highest BCUT2D eigenvalue weighted by Gasteiger charge is 2.10. The molecule has 1 aromatic heterocycles. The summed E-state index contributed by atoms with van der Waals surface area (Å²) in [5.41, 5.74) is 1.16. The van der Waals surface area contributed by atoms with Crippen LogP contribution in [0.3, 0.4) is 0 Å². The molecule has 0 N–H and O–H groups in total. The highest BCUT2D eigenvalue weighted by molar-refractivity contribution is 5.82. The smallest absolute Gasteiger partial charge is 0.159 e. The summed E-state index contributed by atoms with van der Waals surface area (Å²) in [5.74, 6) is -1.92. The van der Waals surface area contributed by atoms with Crippen molar-refractivity contribution in [3.63, 3.8) is 0 Å². The van der Waals surface area contributed by atoms with Gasteiger partial charge in [-0.05, 0) is 37.6 Å². The van der Waals surface area contributed by atoms with Crippen LogP contribution in [0, 0.1) is 11.6 Å². The molecule has 2 aromatic rings. The van der Waals surface area contributed by atoms with Gasteiger partial charge in [-0.1, -0.05) is 6.07 Å². The Labute approximate surface area is 116 Å². The fourth-order valence-corrected chi connectivity index (χ4v) is 1.90. The van der Waals surface area contributed by atoms with Crippen molar-refractivity contribution in [2.24, 2.45) is 0 Å². The molecular formula is C15H16F2N2O. The van der Waals surface area contributed by atoms with Crippen LogP contribution in [-0.2, 0) is 17.6 Å². The number of rotatable bonds is 5. The largest absolute Gasteiger partial charge is 0.299 e. The molecule has 0 saturated carbocycles. The first-order valence-corrected chi connectivity index (χ1v) is 6.45. The van der Waals surface area contributed by atoms with Crippen LogP contribution in [0.1, 0.15) is 31.1 Å². The lowest BCUT2D eigenvalue weighted by atomic mass is 10.1. The molecule has 0 aliphatic rings. The Morgan fingerprint density at radius 2 is 1.95 bits per heavy atom. The molecule has 0 atom stereocenters.